The van der Waals surface area contributed by atoms with Gasteiger partial charge in [0.05, 0.1) is 13.2 Å². The predicted molar refractivity (Wildman–Crippen MR) is 76.5 cm³/mol. The molecule has 0 radical (unpaired) electrons. The highest BCUT2D eigenvalue weighted by molar-refractivity contribution is 4.88. The van der Waals surface area contributed by atoms with Crippen LogP contribution in [0.3, 0.4) is 0 Å². The van der Waals surface area contributed by atoms with Crippen LogP contribution in [0.4, 0.5) is 0 Å². The number of hydrogen-bond acceptors (Lipinski definition) is 5. The zero-order valence-electron chi connectivity index (χ0n) is 12.3. The second-order valence-corrected chi connectivity index (χ2v) is 5.22. The van der Waals surface area contributed by atoms with Crippen molar-refractivity contribution in [3.05, 3.63) is 12.2 Å². The lowest BCUT2D eigenvalue weighted by Gasteiger charge is -2.20. The van der Waals surface area contributed by atoms with Crippen molar-refractivity contribution in [2.45, 2.75) is 63.4 Å². The van der Waals surface area contributed by atoms with Gasteiger partial charge < -0.3 is 24.8 Å². The van der Waals surface area contributed by atoms with Gasteiger partial charge in [0.15, 0.2) is 0 Å². The molecule has 0 aromatic heterocycles. The van der Waals surface area contributed by atoms with Gasteiger partial charge in [-0.1, -0.05) is 25.0 Å². The lowest BCUT2D eigenvalue weighted by Crippen LogP contribution is -2.41. The van der Waals surface area contributed by atoms with Gasteiger partial charge in [0.1, 0.15) is 24.4 Å². The topological polar surface area (TPSA) is 79.2 Å². The van der Waals surface area contributed by atoms with E-state index < -0.39 is 31.0 Å². The van der Waals surface area contributed by atoms with E-state index >= 15 is 0 Å². The molecule has 5 nitrogen and oxygen atoms in total. The third-order valence-corrected chi connectivity index (χ3v) is 3.57. The van der Waals surface area contributed by atoms with Gasteiger partial charge in [0.25, 0.3) is 0 Å². The van der Waals surface area contributed by atoms with Gasteiger partial charge >= 0.3 is 0 Å². The Balaban J connectivity index is 2.05. The van der Waals surface area contributed by atoms with Crippen LogP contribution < -0.4 is 0 Å². The highest BCUT2D eigenvalue weighted by atomic mass is 16.6. The van der Waals surface area contributed by atoms with Gasteiger partial charge in [-0.05, 0) is 26.2 Å². The summed E-state index contributed by atoms with van der Waals surface area (Å²) in [4.78, 5) is 0. The van der Waals surface area contributed by atoms with E-state index in [0.29, 0.717) is 6.61 Å². The number of ether oxygens (including phenoxy) is 2. The Hall–Kier alpha value is -0.460. The summed E-state index contributed by atoms with van der Waals surface area (Å²) < 4.78 is 10.8. The van der Waals surface area contributed by atoms with Gasteiger partial charge in [-0.3, -0.25) is 0 Å². The van der Waals surface area contributed by atoms with Crippen LogP contribution in [0.1, 0.15) is 39.0 Å². The number of hydrogen-bond donors (Lipinski definition) is 3. The minimum Gasteiger partial charge on any atom is -0.394 e. The molecule has 0 spiro atoms. The van der Waals surface area contributed by atoms with E-state index in [0.717, 1.165) is 19.3 Å². The van der Waals surface area contributed by atoms with E-state index in [1.807, 2.05) is 6.92 Å². The first-order chi connectivity index (χ1) is 9.70. The minimum atomic E-state index is -1.05. The first kappa shape index (κ1) is 17.6. The molecular weight excluding hydrogens is 260 g/mol. The first-order valence-electron chi connectivity index (χ1n) is 7.52. The van der Waals surface area contributed by atoms with Crippen LogP contribution >= 0.6 is 0 Å². The van der Waals surface area contributed by atoms with Crippen molar-refractivity contribution in [3.8, 4) is 0 Å². The first-order valence-corrected chi connectivity index (χ1v) is 7.52. The lowest BCUT2D eigenvalue weighted by atomic mass is 10.1. The molecule has 1 aliphatic heterocycles. The van der Waals surface area contributed by atoms with Crippen molar-refractivity contribution in [1.29, 1.82) is 0 Å². The quantitative estimate of drug-likeness (QED) is 0.413. The molecule has 3 N–H and O–H groups in total. The summed E-state index contributed by atoms with van der Waals surface area (Å²) in [5.74, 6) is 0. The second-order valence-electron chi connectivity index (χ2n) is 5.22. The van der Waals surface area contributed by atoms with Crippen molar-refractivity contribution < 1.29 is 24.8 Å². The maximum absolute atomic E-state index is 9.92. The van der Waals surface area contributed by atoms with E-state index in [4.69, 9.17) is 14.6 Å². The average Bonchev–Trinajstić information content (AvgIpc) is 2.82. The maximum atomic E-state index is 9.92. The Morgan fingerprint density at radius 3 is 2.75 bits per heavy atom. The van der Waals surface area contributed by atoms with Crippen molar-refractivity contribution in [2.24, 2.45) is 0 Å². The molecule has 0 saturated carbocycles. The SMILES string of the molecule is C/C=C/CCCCCCO[C@H]1CO[C@H]([C@H](O)CO)[C@@H]1O. The summed E-state index contributed by atoms with van der Waals surface area (Å²) in [6.45, 7) is 2.48. The summed E-state index contributed by atoms with van der Waals surface area (Å²) in [5, 5.41) is 28.2. The summed E-state index contributed by atoms with van der Waals surface area (Å²) in [6, 6.07) is 0. The van der Waals surface area contributed by atoms with E-state index in [2.05, 4.69) is 12.2 Å². The van der Waals surface area contributed by atoms with Gasteiger partial charge in [0.2, 0.25) is 0 Å². The van der Waals surface area contributed by atoms with Crippen LogP contribution in [0.15, 0.2) is 12.2 Å². The van der Waals surface area contributed by atoms with Crippen LogP contribution in [0.25, 0.3) is 0 Å². The zero-order chi connectivity index (χ0) is 14.8. The largest absolute Gasteiger partial charge is 0.394 e. The molecule has 1 rings (SSSR count). The molecule has 1 heterocycles. The zero-order valence-corrected chi connectivity index (χ0v) is 12.3. The Morgan fingerprint density at radius 2 is 2.05 bits per heavy atom. The smallest absolute Gasteiger partial charge is 0.114 e. The van der Waals surface area contributed by atoms with Crippen LogP contribution in [0, 0.1) is 0 Å². The van der Waals surface area contributed by atoms with E-state index in [1.165, 1.54) is 12.8 Å². The van der Waals surface area contributed by atoms with Crippen LogP contribution in [0.2, 0.25) is 0 Å². The maximum Gasteiger partial charge on any atom is 0.114 e. The molecule has 0 aromatic rings. The molecule has 0 unspecified atom stereocenters. The van der Waals surface area contributed by atoms with Gasteiger partial charge in [-0.15, -0.1) is 0 Å². The van der Waals surface area contributed by atoms with Gasteiger partial charge in [0, 0.05) is 6.61 Å². The molecule has 0 aliphatic carbocycles. The van der Waals surface area contributed by atoms with Crippen molar-refractivity contribution in [3.63, 3.8) is 0 Å². The molecule has 118 valence electrons. The highest BCUT2D eigenvalue weighted by Crippen LogP contribution is 2.20. The normalized spacial score (nSPS) is 28.3. The van der Waals surface area contributed by atoms with Crippen LogP contribution in [0.5, 0.6) is 0 Å². The van der Waals surface area contributed by atoms with Crippen molar-refractivity contribution in [1.82, 2.24) is 0 Å². The Kier molecular flexibility index (Phi) is 9.05. The number of rotatable bonds is 10. The van der Waals surface area contributed by atoms with Crippen molar-refractivity contribution >= 4 is 0 Å². The highest BCUT2D eigenvalue weighted by Gasteiger charge is 2.40. The molecule has 20 heavy (non-hydrogen) atoms. The fourth-order valence-electron chi connectivity index (χ4n) is 2.32. The Labute approximate surface area is 121 Å². The third kappa shape index (κ3) is 5.89. The number of unbranched alkanes of at least 4 members (excludes halogenated alkanes) is 4. The second kappa shape index (κ2) is 10.3. The van der Waals surface area contributed by atoms with E-state index in [1.54, 1.807) is 0 Å². The molecule has 1 aliphatic rings. The van der Waals surface area contributed by atoms with E-state index in [9.17, 15) is 10.2 Å². The molecular formula is C15H28O5. The third-order valence-electron chi connectivity index (χ3n) is 3.57. The lowest BCUT2D eigenvalue weighted by molar-refractivity contribution is -0.0730. The van der Waals surface area contributed by atoms with Crippen LogP contribution in [-0.4, -0.2) is 59.6 Å². The summed E-state index contributed by atoms with van der Waals surface area (Å²) in [7, 11) is 0. The molecule has 1 fully saturated rings. The number of aliphatic hydroxyl groups excluding tert-OH is 3. The molecule has 0 bridgehead atoms. The standard InChI is InChI=1S/C15H28O5/c1-2-3-4-5-6-7-8-9-19-13-11-20-15(14(13)18)12(17)10-16/h2-3,12-18H,4-11H2,1H3/b3-2+/t12-,13+,14-,15-/m1/s1. The summed E-state index contributed by atoms with van der Waals surface area (Å²) in [6.07, 6.45) is 6.78. The summed E-state index contributed by atoms with van der Waals surface area (Å²) in [5.41, 5.74) is 0. The molecule has 0 aromatic carbocycles. The number of allylic oxidation sites excluding steroid dienone is 2. The predicted octanol–water partition coefficient (Wildman–Crippen LogP) is 1.01. The minimum absolute atomic E-state index is 0.268. The molecule has 1 saturated heterocycles. The van der Waals surface area contributed by atoms with Crippen molar-refractivity contribution in [2.75, 3.05) is 19.8 Å². The van der Waals surface area contributed by atoms with E-state index in [-0.39, 0.29) is 6.61 Å². The average molecular weight is 288 g/mol. The van der Waals surface area contributed by atoms with Gasteiger partial charge in [-0.25, -0.2) is 0 Å². The fourth-order valence-corrected chi connectivity index (χ4v) is 2.32. The Bertz CT molecular complexity index is 269. The summed E-state index contributed by atoms with van der Waals surface area (Å²) >= 11 is 0. The molecule has 0 amide bonds. The monoisotopic (exact) mass is 288 g/mol. The van der Waals surface area contributed by atoms with Crippen LogP contribution in [-0.2, 0) is 9.47 Å². The fraction of sp³-hybridized carbons (Fsp3) is 0.867. The van der Waals surface area contributed by atoms with Gasteiger partial charge in [-0.2, -0.15) is 0 Å². The number of aliphatic hydroxyl groups is 3. The molecule has 4 atom stereocenters. The molecule has 5 heteroatoms. The Morgan fingerprint density at radius 1 is 1.30 bits per heavy atom.